The smallest absolute Gasteiger partial charge is 0.320 e. The predicted octanol–water partition coefficient (Wildman–Crippen LogP) is 0.641. The summed E-state index contributed by atoms with van der Waals surface area (Å²) in [7, 11) is 0. The monoisotopic (exact) mass is 172 g/mol. The van der Waals surface area contributed by atoms with Crippen molar-refractivity contribution in [3.8, 4) is 0 Å². The molecule has 3 heteroatoms. The first-order valence-corrected chi connectivity index (χ1v) is 3.09. The Balaban J connectivity index is 3.64. The van der Waals surface area contributed by atoms with Gasteiger partial charge < -0.3 is 10.8 Å². The van der Waals surface area contributed by atoms with Gasteiger partial charge in [-0.3, -0.25) is 4.79 Å². The minimum absolute atomic E-state index is 0.682. The zero-order valence-corrected chi connectivity index (χ0v) is 6.01. The largest absolute Gasteiger partial charge is 0.480 e. The van der Waals surface area contributed by atoms with E-state index in [1.807, 2.05) is 0 Å². The van der Waals surface area contributed by atoms with Crippen LogP contribution in [0.25, 0.3) is 0 Å². The zero-order chi connectivity index (χ0) is 15.1. The topological polar surface area (TPSA) is 63.3 Å². The SMILES string of the molecule is [2H]c1c([2H])c([2H])c(C([2H])([2H])[C@H](N)C(=O)O)c([2H])c1[2H]. The Bertz CT molecular complexity index is 517. The van der Waals surface area contributed by atoms with E-state index in [0.717, 1.165) is 0 Å². The molecule has 3 nitrogen and oxygen atoms in total. The van der Waals surface area contributed by atoms with Crippen LogP contribution in [-0.4, -0.2) is 17.1 Å². The van der Waals surface area contributed by atoms with Gasteiger partial charge in [0.2, 0.25) is 0 Å². The number of benzene rings is 1. The van der Waals surface area contributed by atoms with Crippen LogP contribution in [0.2, 0.25) is 0 Å². The van der Waals surface area contributed by atoms with Gasteiger partial charge in [-0.05, 0) is 11.9 Å². The molecular weight excluding hydrogens is 154 g/mol. The molecule has 0 saturated heterocycles. The Morgan fingerprint density at radius 3 is 2.75 bits per heavy atom. The third-order valence-electron chi connectivity index (χ3n) is 1.07. The molecular formula is C9H11NO2. The van der Waals surface area contributed by atoms with E-state index in [-0.39, 0.29) is 0 Å². The lowest BCUT2D eigenvalue weighted by atomic mass is 10.1. The second-order valence-electron chi connectivity index (χ2n) is 1.96. The molecule has 1 rings (SSSR count). The number of carboxylic acids is 1. The number of carbonyl (C=O) groups is 1. The van der Waals surface area contributed by atoms with Gasteiger partial charge in [-0.1, -0.05) is 30.2 Å². The van der Waals surface area contributed by atoms with E-state index < -0.39 is 54.2 Å². The van der Waals surface area contributed by atoms with E-state index in [4.69, 9.17) is 20.4 Å². The van der Waals surface area contributed by atoms with E-state index in [1.54, 1.807) is 0 Å². The zero-order valence-electron chi connectivity index (χ0n) is 13.0. The summed E-state index contributed by atoms with van der Waals surface area (Å²) in [6.45, 7) is 0. The molecule has 0 heterocycles. The average Bonchev–Trinajstić information content (AvgIpc) is 2.32. The molecule has 0 saturated carbocycles. The fraction of sp³-hybridized carbons (Fsp3) is 0.222. The summed E-state index contributed by atoms with van der Waals surface area (Å²) in [5, 5.41) is 8.74. The number of nitrogens with two attached hydrogens (primary N) is 1. The molecule has 1 atom stereocenters. The maximum atomic E-state index is 10.8. The summed E-state index contributed by atoms with van der Waals surface area (Å²) in [5.41, 5.74) is 4.44. The maximum Gasteiger partial charge on any atom is 0.320 e. The minimum atomic E-state index is -2.79. The fourth-order valence-electron chi connectivity index (χ4n) is 0.539. The number of rotatable bonds is 3. The highest BCUT2D eigenvalue weighted by Gasteiger charge is 2.10. The fourth-order valence-corrected chi connectivity index (χ4v) is 0.539. The number of hydrogen-bond donors (Lipinski definition) is 2. The van der Waals surface area contributed by atoms with Crippen molar-refractivity contribution in [3.63, 3.8) is 0 Å². The summed E-state index contributed by atoms with van der Waals surface area (Å²) in [6, 6.07) is -5.80. The normalized spacial score (nSPS) is 21.9. The lowest BCUT2D eigenvalue weighted by Gasteiger charge is -2.04. The van der Waals surface area contributed by atoms with Gasteiger partial charge in [0.1, 0.15) is 6.04 Å². The van der Waals surface area contributed by atoms with Gasteiger partial charge in [0.25, 0.3) is 0 Å². The van der Waals surface area contributed by atoms with Crippen LogP contribution >= 0.6 is 0 Å². The number of hydrogen-bond acceptors (Lipinski definition) is 2. The highest BCUT2D eigenvalue weighted by molar-refractivity contribution is 5.73. The molecule has 0 aliphatic carbocycles. The Morgan fingerprint density at radius 1 is 1.67 bits per heavy atom. The molecule has 3 N–H and O–H groups in total. The second kappa shape index (κ2) is 3.88. The first kappa shape index (κ1) is 3.18. The molecule has 0 amide bonds. The summed E-state index contributed by atoms with van der Waals surface area (Å²) < 4.78 is 52.6. The summed E-state index contributed by atoms with van der Waals surface area (Å²) in [4.78, 5) is 10.8. The van der Waals surface area contributed by atoms with Crippen LogP contribution in [0.1, 0.15) is 15.2 Å². The van der Waals surface area contributed by atoms with Crippen LogP contribution in [0, 0.1) is 0 Å². The Kier molecular flexibility index (Phi) is 1.03. The molecule has 0 radical (unpaired) electrons. The van der Waals surface area contributed by atoms with Crippen molar-refractivity contribution in [3.05, 3.63) is 35.8 Å². The van der Waals surface area contributed by atoms with Crippen molar-refractivity contribution in [1.82, 2.24) is 0 Å². The molecule has 0 spiro atoms. The Hall–Kier alpha value is -1.35. The van der Waals surface area contributed by atoms with Crippen LogP contribution in [0.4, 0.5) is 0 Å². The van der Waals surface area contributed by atoms with E-state index in [0.29, 0.717) is 0 Å². The van der Waals surface area contributed by atoms with Crippen molar-refractivity contribution in [2.75, 3.05) is 0 Å². The quantitative estimate of drug-likeness (QED) is 0.703. The van der Waals surface area contributed by atoms with Crippen LogP contribution in [0.5, 0.6) is 0 Å². The number of aliphatic carboxylic acids is 1. The van der Waals surface area contributed by atoms with Crippen LogP contribution in [0.3, 0.4) is 0 Å². The third kappa shape index (κ3) is 2.36. The van der Waals surface area contributed by atoms with Gasteiger partial charge in [0.05, 0.1) is 6.85 Å². The van der Waals surface area contributed by atoms with Gasteiger partial charge in [-0.2, -0.15) is 0 Å². The van der Waals surface area contributed by atoms with Crippen molar-refractivity contribution in [1.29, 1.82) is 0 Å². The van der Waals surface area contributed by atoms with E-state index in [1.165, 1.54) is 0 Å². The second-order valence-corrected chi connectivity index (χ2v) is 1.96. The Morgan fingerprint density at radius 2 is 2.25 bits per heavy atom. The average molecular weight is 172 g/mol. The molecule has 0 fully saturated rings. The maximum absolute atomic E-state index is 10.8. The standard InChI is InChI=1S/C9H11NO2/c10-8(9(11)12)6-7-4-2-1-3-5-7/h1-5,8H,6,10H2,(H,11,12)/t8-/m0/s1/i1D,2D,3D,4D,5D,6D2. The first-order chi connectivity index (χ1) is 8.53. The van der Waals surface area contributed by atoms with Gasteiger partial charge in [0.15, 0.2) is 0 Å². The van der Waals surface area contributed by atoms with E-state index in [9.17, 15) is 4.79 Å². The first-order valence-electron chi connectivity index (χ1n) is 6.59. The lowest BCUT2D eigenvalue weighted by molar-refractivity contribution is -0.138. The summed E-state index contributed by atoms with van der Waals surface area (Å²) >= 11 is 0. The van der Waals surface area contributed by atoms with Crippen molar-refractivity contribution in [2.24, 2.45) is 5.73 Å². The van der Waals surface area contributed by atoms with Crippen LogP contribution < -0.4 is 5.73 Å². The Labute approximate surface area is 80.7 Å². The van der Waals surface area contributed by atoms with Crippen molar-refractivity contribution < 1.29 is 19.5 Å². The van der Waals surface area contributed by atoms with E-state index in [2.05, 4.69) is 0 Å². The molecule has 0 aliphatic heterocycles. The van der Waals surface area contributed by atoms with Gasteiger partial charge in [-0.15, -0.1) is 0 Å². The van der Waals surface area contributed by atoms with Gasteiger partial charge in [0, 0.05) is 2.74 Å². The lowest BCUT2D eigenvalue weighted by Crippen LogP contribution is -2.32. The molecule has 0 aliphatic rings. The van der Waals surface area contributed by atoms with Crippen LogP contribution in [0.15, 0.2) is 30.2 Å². The third-order valence-corrected chi connectivity index (χ3v) is 1.07. The van der Waals surface area contributed by atoms with Crippen LogP contribution in [-0.2, 0) is 11.2 Å². The van der Waals surface area contributed by atoms with Crippen molar-refractivity contribution in [2.45, 2.75) is 12.4 Å². The molecule has 12 heavy (non-hydrogen) atoms. The van der Waals surface area contributed by atoms with Gasteiger partial charge in [-0.25, -0.2) is 0 Å². The summed E-state index contributed by atoms with van der Waals surface area (Å²) in [6.07, 6.45) is -2.79. The number of carboxylic acid groups (broad SMARTS) is 1. The summed E-state index contributed by atoms with van der Waals surface area (Å²) in [5.74, 6) is -1.67. The molecule has 1 aromatic carbocycles. The van der Waals surface area contributed by atoms with E-state index >= 15 is 0 Å². The molecule has 0 bridgehead atoms. The highest BCUT2D eigenvalue weighted by Crippen LogP contribution is 2.01. The highest BCUT2D eigenvalue weighted by atomic mass is 16.4. The molecule has 0 aromatic heterocycles. The van der Waals surface area contributed by atoms with Crippen molar-refractivity contribution >= 4 is 5.97 Å². The van der Waals surface area contributed by atoms with Gasteiger partial charge >= 0.3 is 5.97 Å². The predicted molar refractivity (Wildman–Crippen MR) is 45.8 cm³/mol. The molecule has 64 valence electrons. The minimum Gasteiger partial charge on any atom is -0.480 e. The molecule has 1 aromatic rings. The molecule has 0 unspecified atom stereocenters.